The Bertz CT molecular complexity index is 577. The van der Waals surface area contributed by atoms with Crippen LogP contribution in [0, 0.1) is 13.8 Å². The average molecular weight is 299 g/mol. The van der Waals surface area contributed by atoms with Crippen LogP contribution < -0.4 is 5.32 Å². The number of rotatable bonds is 5. The highest BCUT2D eigenvalue weighted by Gasteiger charge is 2.31. The van der Waals surface area contributed by atoms with E-state index in [0.717, 1.165) is 25.1 Å². The van der Waals surface area contributed by atoms with E-state index in [2.05, 4.69) is 31.2 Å². The molecule has 1 N–H and O–H groups in total. The Hall–Kier alpha value is -0.880. The van der Waals surface area contributed by atoms with Crippen LogP contribution in [0.5, 0.6) is 0 Å². The number of aryl methyl sites for hydroxylation is 2. The molecule has 1 fully saturated rings. The topological polar surface area (TPSA) is 64.0 Å². The first-order valence-electron chi connectivity index (χ1n) is 7.35. The van der Waals surface area contributed by atoms with Gasteiger partial charge >= 0.3 is 0 Å². The molecule has 20 heavy (non-hydrogen) atoms. The zero-order valence-corrected chi connectivity index (χ0v) is 13.6. The van der Waals surface area contributed by atoms with Crippen molar-refractivity contribution < 1.29 is 8.42 Å². The smallest absolute Gasteiger partial charge is 0.154 e. The zero-order valence-electron chi connectivity index (χ0n) is 12.8. The molecule has 1 aliphatic rings. The summed E-state index contributed by atoms with van der Waals surface area (Å²) in [4.78, 5) is 0. The lowest BCUT2D eigenvalue weighted by Gasteiger charge is -2.17. The molecule has 1 aromatic rings. The predicted molar refractivity (Wildman–Crippen MR) is 80.6 cm³/mol. The maximum atomic E-state index is 11.8. The summed E-state index contributed by atoms with van der Waals surface area (Å²) >= 11 is 0. The zero-order chi connectivity index (χ0) is 14.9. The van der Waals surface area contributed by atoms with Crippen LogP contribution in [0.2, 0.25) is 0 Å². The van der Waals surface area contributed by atoms with Gasteiger partial charge in [-0.3, -0.25) is 4.68 Å². The fraction of sp³-hybridized carbons (Fsp3) is 0.786. The highest BCUT2D eigenvalue weighted by Crippen LogP contribution is 2.23. The molecule has 6 heteroatoms. The van der Waals surface area contributed by atoms with E-state index in [4.69, 9.17) is 0 Å². The minimum Gasteiger partial charge on any atom is -0.309 e. The SMILES string of the molecule is CCn1nc(C)c(C(C)NCC2CCCS2(=O)=O)c1C. The Morgan fingerprint density at radius 3 is 2.65 bits per heavy atom. The van der Waals surface area contributed by atoms with Crippen molar-refractivity contribution in [2.45, 2.75) is 58.4 Å². The van der Waals surface area contributed by atoms with Crippen molar-refractivity contribution in [1.82, 2.24) is 15.1 Å². The van der Waals surface area contributed by atoms with E-state index in [1.165, 1.54) is 11.3 Å². The second kappa shape index (κ2) is 5.85. The number of sulfone groups is 1. The lowest BCUT2D eigenvalue weighted by Crippen LogP contribution is -2.32. The molecule has 2 heterocycles. The lowest BCUT2D eigenvalue weighted by atomic mass is 10.1. The lowest BCUT2D eigenvalue weighted by molar-refractivity contribution is 0.534. The summed E-state index contributed by atoms with van der Waals surface area (Å²) in [5.74, 6) is 0.347. The van der Waals surface area contributed by atoms with Crippen molar-refractivity contribution in [3.63, 3.8) is 0 Å². The molecule has 0 radical (unpaired) electrons. The summed E-state index contributed by atoms with van der Waals surface area (Å²) in [6, 6.07) is 0.131. The van der Waals surface area contributed by atoms with Gasteiger partial charge in [0.15, 0.2) is 9.84 Å². The Kier molecular flexibility index (Phi) is 4.54. The van der Waals surface area contributed by atoms with Crippen molar-refractivity contribution in [2.24, 2.45) is 0 Å². The summed E-state index contributed by atoms with van der Waals surface area (Å²) in [5, 5.41) is 7.68. The van der Waals surface area contributed by atoms with E-state index in [9.17, 15) is 8.42 Å². The summed E-state index contributed by atoms with van der Waals surface area (Å²) in [5.41, 5.74) is 3.39. The van der Waals surface area contributed by atoms with Crippen LogP contribution in [-0.4, -0.2) is 35.7 Å². The van der Waals surface area contributed by atoms with Crippen molar-refractivity contribution in [2.75, 3.05) is 12.3 Å². The molecule has 0 amide bonds. The van der Waals surface area contributed by atoms with Crippen molar-refractivity contribution in [1.29, 1.82) is 0 Å². The number of hydrogen-bond acceptors (Lipinski definition) is 4. The van der Waals surface area contributed by atoms with Gasteiger partial charge in [-0.2, -0.15) is 5.10 Å². The predicted octanol–water partition coefficient (Wildman–Crippen LogP) is 1.75. The molecule has 0 spiro atoms. The Morgan fingerprint density at radius 2 is 2.15 bits per heavy atom. The Morgan fingerprint density at radius 1 is 1.45 bits per heavy atom. The Balaban J connectivity index is 2.06. The van der Waals surface area contributed by atoms with Crippen LogP contribution in [-0.2, 0) is 16.4 Å². The number of nitrogens with zero attached hydrogens (tertiary/aromatic N) is 2. The fourth-order valence-corrected chi connectivity index (χ4v) is 4.92. The van der Waals surface area contributed by atoms with E-state index in [-0.39, 0.29) is 11.3 Å². The van der Waals surface area contributed by atoms with Crippen LogP contribution in [0.4, 0.5) is 0 Å². The minimum absolute atomic E-state index is 0.131. The van der Waals surface area contributed by atoms with E-state index in [1.54, 1.807) is 0 Å². The fourth-order valence-electron chi connectivity index (χ4n) is 3.14. The molecule has 0 bridgehead atoms. The van der Waals surface area contributed by atoms with Crippen molar-refractivity contribution in [3.05, 3.63) is 17.0 Å². The van der Waals surface area contributed by atoms with Crippen LogP contribution in [0.15, 0.2) is 0 Å². The summed E-state index contributed by atoms with van der Waals surface area (Å²) in [6.45, 7) is 9.64. The van der Waals surface area contributed by atoms with E-state index in [0.29, 0.717) is 12.3 Å². The molecule has 2 atom stereocenters. The molecular formula is C14H25N3O2S. The van der Waals surface area contributed by atoms with Crippen molar-refractivity contribution in [3.8, 4) is 0 Å². The quantitative estimate of drug-likeness (QED) is 0.899. The molecule has 2 unspecified atom stereocenters. The average Bonchev–Trinajstić information content (AvgIpc) is 2.86. The second-order valence-corrected chi connectivity index (χ2v) is 8.06. The van der Waals surface area contributed by atoms with Gasteiger partial charge in [0.05, 0.1) is 16.7 Å². The van der Waals surface area contributed by atoms with Crippen LogP contribution in [0.1, 0.15) is 49.7 Å². The monoisotopic (exact) mass is 299 g/mol. The van der Waals surface area contributed by atoms with Gasteiger partial charge in [0.1, 0.15) is 0 Å². The maximum absolute atomic E-state index is 11.8. The molecule has 0 aromatic carbocycles. The van der Waals surface area contributed by atoms with Gasteiger partial charge in [-0.25, -0.2) is 8.42 Å². The van der Waals surface area contributed by atoms with Gasteiger partial charge in [-0.15, -0.1) is 0 Å². The molecule has 0 aliphatic carbocycles. The van der Waals surface area contributed by atoms with Crippen LogP contribution in [0.25, 0.3) is 0 Å². The molecule has 1 aromatic heterocycles. The normalized spacial score (nSPS) is 23.1. The summed E-state index contributed by atoms with van der Waals surface area (Å²) < 4.78 is 25.7. The number of hydrogen-bond donors (Lipinski definition) is 1. The molecular weight excluding hydrogens is 274 g/mol. The highest BCUT2D eigenvalue weighted by molar-refractivity contribution is 7.92. The Labute approximate surface area is 121 Å². The van der Waals surface area contributed by atoms with Crippen LogP contribution in [0.3, 0.4) is 0 Å². The largest absolute Gasteiger partial charge is 0.309 e. The molecule has 1 saturated heterocycles. The van der Waals surface area contributed by atoms with E-state index in [1.807, 2.05) is 11.6 Å². The minimum atomic E-state index is -2.87. The van der Waals surface area contributed by atoms with Gasteiger partial charge in [-0.05, 0) is 40.5 Å². The van der Waals surface area contributed by atoms with Gasteiger partial charge in [-0.1, -0.05) is 0 Å². The molecule has 1 aliphatic heterocycles. The van der Waals surface area contributed by atoms with E-state index >= 15 is 0 Å². The van der Waals surface area contributed by atoms with Gasteiger partial charge in [0.2, 0.25) is 0 Å². The third kappa shape index (κ3) is 2.91. The molecule has 0 saturated carbocycles. The number of aromatic nitrogens is 2. The second-order valence-electron chi connectivity index (χ2n) is 5.66. The highest BCUT2D eigenvalue weighted by atomic mass is 32.2. The molecule has 5 nitrogen and oxygen atoms in total. The third-order valence-electron chi connectivity index (χ3n) is 4.28. The first-order valence-corrected chi connectivity index (χ1v) is 9.07. The number of nitrogens with one attached hydrogen (secondary N) is 1. The standard InChI is InChI=1S/C14H25N3O2S/c1-5-17-12(4)14(11(3)16-17)10(2)15-9-13-7-6-8-20(13,18)19/h10,13,15H,5-9H2,1-4H3. The van der Waals surface area contributed by atoms with Gasteiger partial charge < -0.3 is 5.32 Å². The van der Waals surface area contributed by atoms with Crippen molar-refractivity contribution >= 4 is 9.84 Å². The van der Waals surface area contributed by atoms with Gasteiger partial charge in [0.25, 0.3) is 0 Å². The first-order chi connectivity index (χ1) is 9.36. The maximum Gasteiger partial charge on any atom is 0.154 e. The van der Waals surface area contributed by atoms with Gasteiger partial charge in [0, 0.05) is 30.4 Å². The molecule has 114 valence electrons. The molecule has 2 rings (SSSR count). The van der Waals surface area contributed by atoms with Crippen LogP contribution >= 0.6 is 0 Å². The third-order valence-corrected chi connectivity index (χ3v) is 6.56. The van der Waals surface area contributed by atoms with E-state index < -0.39 is 9.84 Å². The summed E-state index contributed by atoms with van der Waals surface area (Å²) in [6.07, 6.45) is 1.59. The summed E-state index contributed by atoms with van der Waals surface area (Å²) in [7, 11) is -2.87. The first kappa shape index (κ1) is 15.5.